The summed E-state index contributed by atoms with van der Waals surface area (Å²) < 4.78 is 37.5. The average molecular weight is 360 g/mol. The zero-order valence-electron chi connectivity index (χ0n) is 13.5. The van der Waals surface area contributed by atoms with Crippen LogP contribution in [-0.4, -0.2) is 25.2 Å². The minimum Gasteiger partial charge on any atom is -0.454 e. The molecule has 6 nitrogen and oxygen atoms in total. The fourth-order valence-electron chi connectivity index (χ4n) is 3.02. The summed E-state index contributed by atoms with van der Waals surface area (Å²) in [6, 6.07) is 8.60. The summed E-state index contributed by atoms with van der Waals surface area (Å²) in [4.78, 5) is 26.1. The summed E-state index contributed by atoms with van der Waals surface area (Å²) >= 11 is 0. The van der Waals surface area contributed by atoms with Crippen LogP contribution in [0.4, 0.5) is 20.2 Å². The Morgan fingerprint density at radius 1 is 1.15 bits per heavy atom. The van der Waals surface area contributed by atoms with Gasteiger partial charge in [-0.3, -0.25) is 9.59 Å². The van der Waals surface area contributed by atoms with Gasteiger partial charge in [0.2, 0.25) is 18.6 Å². The van der Waals surface area contributed by atoms with Gasteiger partial charge in [0.25, 0.3) is 0 Å². The molecule has 4 rings (SSSR count). The second kappa shape index (κ2) is 6.29. The standard InChI is InChI=1S/C18H14F2N2O4/c19-12-2-1-3-13(17(12)20)21-18(24)10-6-16(23)22(8-10)11-4-5-14-15(7-11)26-9-25-14/h1-5,7,10H,6,8-9H2,(H,21,24). The van der Waals surface area contributed by atoms with E-state index in [9.17, 15) is 18.4 Å². The molecule has 1 saturated heterocycles. The summed E-state index contributed by atoms with van der Waals surface area (Å²) in [6.45, 7) is 0.262. The number of hydrogen-bond donors (Lipinski definition) is 1. The molecule has 1 unspecified atom stereocenters. The highest BCUT2D eigenvalue weighted by atomic mass is 19.2. The first-order valence-corrected chi connectivity index (χ1v) is 7.98. The molecule has 1 N–H and O–H groups in total. The van der Waals surface area contributed by atoms with Crippen LogP contribution in [0.25, 0.3) is 0 Å². The molecular formula is C18H14F2N2O4. The maximum absolute atomic E-state index is 13.7. The van der Waals surface area contributed by atoms with Crippen molar-refractivity contribution in [3.8, 4) is 11.5 Å². The SMILES string of the molecule is O=C(Nc1cccc(F)c1F)C1CC(=O)N(c2ccc3c(c2)OCO3)C1. The number of benzene rings is 2. The second-order valence-corrected chi connectivity index (χ2v) is 6.03. The summed E-state index contributed by atoms with van der Waals surface area (Å²) in [5, 5.41) is 2.35. The van der Waals surface area contributed by atoms with Crippen molar-refractivity contribution >= 4 is 23.2 Å². The number of nitrogens with one attached hydrogen (secondary N) is 1. The van der Waals surface area contributed by atoms with Crippen molar-refractivity contribution in [2.24, 2.45) is 5.92 Å². The summed E-state index contributed by atoms with van der Waals surface area (Å²) in [5.41, 5.74) is 0.343. The van der Waals surface area contributed by atoms with Gasteiger partial charge in [0.05, 0.1) is 11.6 Å². The number of carbonyl (C=O) groups excluding carboxylic acids is 2. The molecular weight excluding hydrogens is 346 g/mol. The first-order valence-electron chi connectivity index (χ1n) is 7.98. The highest BCUT2D eigenvalue weighted by molar-refractivity contribution is 6.03. The number of carbonyl (C=O) groups is 2. The minimum atomic E-state index is -1.13. The maximum Gasteiger partial charge on any atom is 0.231 e. The van der Waals surface area contributed by atoms with Gasteiger partial charge in [-0.1, -0.05) is 6.07 Å². The monoisotopic (exact) mass is 360 g/mol. The van der Waals surface area contributed by atoms with Crippen molar-refractivity contribution in [3.63, 3.8) is 0 Å². The smallest absolute Gasteiger partial charge is 0.231 e. The zero-order valence-corrected chi connectivity index (χ0v) is 13.5. The predicted octanol–water partition coefficient (Wildman–Crippen LogP) is 2.69. The lowest BCUT2D eigenvalue weighted by atomic mass is 10.1. The van der Waals surface area contributed by atoms with Crippen LogP contribution >= 0.6 is 0 Å². The molecule has 26 heavy (non-hydrogen) atoms. The molecule has 1 fully saturated rings. The van der Waals surface area contributed by atoms with Gasteiger partial charge < -0.3 is 19.7 Å². The molecule has 2 aliphatic heterocycles. The third-order valence-corrected chi connectivity index (χ3v) is 4.37. The van der Waals surface area contributed by atoms with Gasteiger partial charge in [0.1, 0.15) is 0 Å². The van der Waals surface area contributed by atoms with Crippen LogP contribution in [0.2, 0.25) is 0 Å². The van der Waals surface area contributed by atoms with Gasteiger partial charge in [-0.2, -0.15) is 0 Å². The van der Waals surface area contributed by atoms with E-state index in [-0.39, 0.29) is 31.4 Å². The quantitative estimate of drug-likeness (QED) is 0.914. The fraction of sp³-hybridized carbons (Fsp3) is 0.222. The summed E-state index contributed by atoms with van der Waals surface area (Å²) in [6.07, 6.45) is -0.0167. The number of anilines is 2. The topological polar surface area (TPSA) is 67.9 Å². The van der Waals surface area contributed by atoms with Gasteiger partial charge in [-0.25, -0.2) is 8.78 Å². The van der Waals surface area contributed by atoms with E-state index in [0.29, 0.717) is 17.2 Å². The van der Waals surface area contributed by atoms with Crippen molar-refractivity contribution in [2.75, 3.05) is 23.6 Å². The van der Waals surface area contributed by atoms with Gasteiger partial charge in [0, 0.05) is 24.7 Å². The van der Waals surface area contributed by atoms with Crippen LogP contribution in [0.3, 0.4) is 0 Å². The minimum absolute atomic E-state index is 0.0167. The second-order valence-electron chi connectivity index (χ2n) is 6.03. The van der Waals surface area contributed by atoms with Crippen LogP contribution < -0.4 is 19.7 Å². The Morgan fingerprint density at radius 3 is 2.81 bits per heavy atom. The third kappa shape index (κ3) is 2.83. The Balaban J connectivity index is 1.49. The Hall–Kier alpha value is -3.16. The molecule has 2 aromatic carbocycles. The number of hydrogen-bond acceptors (Lipinski definition) is 4. The van der Waals surface area contributed by atoms with Crippen LogP contribution in [0.15, 0.2) is 36.4 Å². The van der Waals surface area contributed by atoms with E-state index in [1.54, 1.807) is 18.2 Å². The molecule has 1 atom stereocenters. The van der Waals surface area contributed by atoms with Crippen molar-refractivity contribution in [3.05, 3.63) is 48.0 Å². The van der Waals surface area contributed by atoms with Crippen molar-refractivity contribution < 1.29 is 27.8 Å². The number of fused-ring (bicyclic) bond motifs is 1. The number of amides is 2. The zero-order chi connectivity index (χ0) is 18.3. The van der Waals surface area contributed by atoms with E-state index in [1.807, 2.05) is 0 Å². The molecule has 2 heterocycles. The van der Waals surface area contributed by atoms with Crippen molar-refractivity contribution in [1.82, 2.24) is 0 Å². The van der Waals surface area contributed by atoms with E-state index >= 15 is 0 Å². The van der Waals surface area contributed by atoms with Crippen LogP contribution in [0, 0.1) is 17.6 Å². The molecule has 8 heteroatoms. The molecule has 0 bridgehead atoms. The molecule has 0 radical (unpaired) electrons. The first kappa shape index (κ1) is 16.3. The Morgan fingerprint density at radius 2 is 1.96 bits per heavy atom. The normalized spacial score (nSPS) is 18.3. The highest BCUT2D eigenvalue weighted by Gasteiger charge is 2.36. The third-order valence-electron chi connectivity index (χ3n) is 4.37. The lowest BCUT2D eigenvalue weighted by Gasteiger charge is -2.17. The number of rotatable bonds is 3. The van der Waals surface area contributed by atoms with E-state index in [2.05, 4.69) is 5.32 Å². The Labute approximate surface area is 147 Å². The molecule has 2 amide bonds. The predicted molar refractivity (Wildman–Crippen MR) is 88.0 cm³/mol. The summed E-state index contributed by atoms with van der Waals surface area (Å²) in [7, 11) is 0. The molecule has 0 aliphatic carbocycles. The van der Waals surface area contributed by atoms with Crippen molar-refractivity contribution in [2.45, 2.75) is 6.42 Å². The number of halogens is 2. The van der Waals surface area contributed by atoms with E-state index in [4.69, 9.17) is 9.47 Å². The Kier molecular flexibility index (Phi) is 3.95. The molecule has 0 spiro atoms. The maximum atomic E-state index is 13.7. The lowest BCUT2D eigenvalue weighted by molar-refractivity contribution is -0.122. The molecule has 2 aromatic rings. The largest absolute Gasteiger partial charge is 0.454 e. The molecule has 2 aliphatic rings. The molecule has 0 saturated carbocycles. The number of nitrogens with zero attached hydrogens (tertiary/aromatic N) is 1. The van der Waals surface area contributed by atoms with Gasteiger partial charge in [-0.15, -0.1) is 0 Å². The van der Waals surface area contributed by atoms with Crippen molar-refractivity contribution in [1.29, 1.82) is 0 Å². The molecule has 134 valence electrons. The van der Waals surface area contributed by atoms with Crippen LogP contribution in [-0.2, 0) is 9.59 Å². The van der Waals surface area contributed by atoms with Crippen LogP contribution in [0.5, 0.6) is 11.5 Å². The van der Waals surface area contributed by atoms with Gasteiger partial charge in [0.15, 0.2) is 23.1 Å². The van der Waals surface area contributed by atoms with Crippen LogP contribution in [0.1, 0.15) is 6.42 Å². The summed E-state index contributed by atoms with van der Waals surface area (Å²) in [5.74, 6) is -2.49. The van der Waals surface area contributed by atoms with Gasteiger partial charge in [-0.05, 0) is 24.3 Å². The lowest BCUT2D eigenvalue weighted by Crippen LogP contribution is -2.28. The Bertz CT molecular complexity index is 903. The first-order chi connectivity index (χ1) is 12.5. The molecule has 0 aromatic heterocycles. The average Bonchev–Trinajstić information content (AvgIpc) is 3.24. The number of ether oxygens (including phenoxy) is 2. The van der Waals surface area contributed by atoms with E-state index in [0.717, 1.165) is 6.07 Å². The van der Waals surface area contributed by atoms with E-state index in [1.165, 1.54) is 17.0 Å². The highest BCUT2D eigenvalue weighted by Crippen LogP contribution is 2.37. The fourth-order valence-corrected chi connectivity index (χ4v) is 3.02. The van der Waals surface area contributed by atoms with Gasteiger partial charge >= 0.3 is 0 Å². The van der Waals surface area contributed by atoms with E-state index < -0.39 is 23.5 Å².